The molecule has 1 rings (SSSR count). The van der Waals surface area contributed by atoms with Crippen LogP contribution >= 0.6 is 0 Å². The predicted molar refractivity (Wildman–Crippen MR) is 44.5 cm³/mol. The fraction of sp³-hybridized carbons (Fsp3) is 0.889. The number of carbonyl (C=O) groups excluding carboxylic acids is 1. The van der Waals surface area contributed by atoms with Crippen LogP contribution in [0.25, 0.3) is 0 Å². The van der Waals surface area contributed by atoms with Gasteiger partial charge in [0.25, 0.3) is 0 Å². The summed E-state index contributed by atoms with van der Waals surface area (Å²) >= 11 is 0. The van der Waals surface area contributed by atoms with Crippen LogP contribution in [0, 0.1) is 11.8 Å². The Labute approximate surface area is 72.7 Å². The number of rotatable bonds is 3. The molecule has 0 amide bonds. The topological polar surface area (TPSA) is 46.5 Å². The van der Waals surface area contributed by atoms with Crippen molar-refractivity contribution < 1.29 is 14.6 Å². The van der Waals surface area contributed by atoms with Gasteiger partial charge in [-0.15, -0.1) is 0 Å². The zero-order valence-electron chi connectivity index (χ0n) is 7.45. The van der Waals surface area contributed by atoms with Gasteiger partial charge in [-0.3, -0.25) is 4.79 Å². The van der Waals surface area contributed by atoms with Gasteiger partial charge in [0.2, 0.25) is 0 Å². The second-order valence-corrected chi connectivity index (χ2v) is 3.31. The number of aliphatic hydroxyl groups is 1. The molecule has 0 aromatic heterocycles. The SMILES string of the molecule is CCOC(=O)[C@@H]1CC[C@H](CO)C1. The summed E-state index contributed by atoms with van der Waals surface area (Å²) in [5.41, 5.74) is 0. The molecular formula is C9H16O3. The molecule has 1 fully saturated rings. The molecule has 3 heteroatoms. The number of hydrogen-bond acceptors (Lipinski definition) is 3. The molecule has 0 aliphatic heterocycles. The molecule has 0 spiro atoms. The molecular weight excluding hydrogens is 156 g/mol. The van der Waals surface area contributed by atoms with E-state index in [2.05, 4.69) is 0 Å². The molecule has 12 heavy (non-hydrogen) atoms. The molecule has 1 N–H and O–H groups in total. The van der Waals surface area contributed by atoms with Gasteiger partial charge < -0.3 is 9.84 Å². The van der Waals surface area contributed by atoms with Crippen LogP contribution in [0.2, 0.25) is 0 Å². The Morgan fingerprint density at radius 2 is 2.33 bits per heavy atom. The molecule has 1 aliphatic carbocycles. The van der Waals surface area contributed by atoms with Gasteiger partial charge >= 0.3 is 5.97 Å². The zero-order chi connectivity index (χ0) is 8.97. The number of hydrogen-bond donors (Lipinski definition) is 1. The molecule has 0 aromatic carbocycles. The van der Waals surface area contributed by atoms with Crippen LogP contribution < -0.4 is 0 Å². The summed E-state index contributed by atoms with van der Waals surface area (Å²) < 4.78 is 4.90. The van der Waals surface area contributed by atoms with E-state index in [9.17, 15) is 4.79 Å². The lowest BCUT2D eigenvalue weighted by Crippen LogP contribution is -2.15. The van der Waals surface area contributed by atoms with Crippen molar-refractivity contribution in [3.05, 3.63) is 0 Å². The van der Waals surface area contributed by atoms with Crippen LogP contribution in [0.3, 0.4) is 0 Å². The zero-order valence-corrected chi connectivity index (χ0v) is 7.45. The third kappa shape index (κ3) is 2.21. The van der Waals surface area contributed by atoms with Crippen LogP contribution in [0.15, 0.2) is 0 Å². The van der Waals surface area contributed by atoms with Gasteiger partial charge in [-0.25, -0.2) is 0 Å². The quantitative estimate of drug-likeness (QED) is 0.645. The van der Waals surface area contributed by atoms with Gasteiger partial charge in [-0.2, -0.15) is 0 Å². The molecule has 1 saturated carbocycles. The summed E-state index contributed by atoms with van der Waals surface area (Å²) in [5, 5.41) is 8.84. The van der Waals surface area contributed by atoms with Crippen LogP contribution in [0.1, 0.15) is 26.2 Å². The van der Waals surface area contributed by atoms with Crippen LogP contribution in [0.4, 0.5) is 0 Å². The van der Waals surface area contributed by atoms with Gasteiger partial charge in [0.05, 0.1) is 12.5 Å². The van der Waals surface area contributed by atoms with Gasteiger partial charge in [0.1, 0.15) is 0 Å². The second-order valence-electron chi connectivity index (χ2n) is 3.31. The van der Waals surface area contributed by atoms with E-state index in [0.717, 1.165) is 19.3 Å². The third-order valence-electron chi connectivity index (χ3n) is 2.42. The summed E-state index contributed by atoms with van der Waals surface area (Å²) in [7, 11) is 0. The summed E-state index contributed by atoms with van der Waals surface area (Å²) in [4.78, 5) is 11.2. The minimum atomic E-state index is -0.0894. The van der Waals surface area contributed by atoms with E-state index in [4.69, 9.17) is 9.84 Å². The Morgan fingerprint density at radius 3 is 2.83 bits per heavy atom. The van der Waals surface area contributed by atoms with Gasteiger partial charge in [-0.1, -0.05) is 0 Å². The molecule has 0 saturated heterocycles. The van der Waals surface area contributed by atoms with Crippen molar-refractivity contribution in [3.63, 3.8) is 0 Å². The highest BCUT2D eigenvalue weighted by Gasteiger charge is 2.30. The Kier molecular flexibility index (Phi) is 3.53. The normalized spacial score (nSPS) is 28.8. The van der Waals surface area contributed by atoms with E-state index in [0.29, 0.717) is 12.5 Å². The monoisotopic (exact) mass is 172 g/mol. The van der Waals surface area contributed by atoms with Crippen molar-refractivity contribution in [1.29, 1.82) is 0 Å². The van der Waals surface area contributed by atoms with Gasteiger partial charge in [0, 0.05) is 6.61 Å². The Morgan fingerprint density at radius 1 is 1.58 bits per heavy atom. The van der Waals surface area contributed by atoms with Crippen molar-refractivity contribution in [1.82, 2.24) is 0 Å². The molecule has 3 nitrogen and oxygen atoms in total. The first-order chi connectivity index (χ1) is 5.77. The molecule has 0 unspecified atom stereocenters. The number of aliphatic hydroxyl groups excluding tert-OH is 1. The van der Waals surface area contributed by atoms with Gasteiger partial charge in [-0.05, 0) is 32.1 Å². The third-order valence-corrected chi connectivity index (χ3v) is 2.42. The molecule has 70 valence electrons. The van der Waals surface area contributed by atoms with E-state index in [1.165, 1.54) is 0 Å². The van der Waals surface area contributed by atoms with Crippen LogP contribution in [0.5, 0.6) is 0 Å². The first-order valence-electron chi connectivity index (χ1n) is 4.55. The van der Waals surface area contributed by atoms with Crippen molar-refractivity contribution in [3.8, 4) is 0 Å². The molecule has 0 heterocycles. The van der Waals surface area contributed by atoms with E-state index in [1.54, 1.807) is 0 Å². The number of esters is 1. The van der Waals surface area contributed by atoms with Crippen molar-refractivity contribution in [2.45, 2.75) is 26.2 Å². The molecule has 2 atom stereocenters. The lowest BCUT2D eigenvalue weighted by atomic mass is 10.1. The van der Waals surface area contributed by atoms with E-state index >= 15 is 0 Å². The summed E-state index contributed by atoms with van der Waals surface area (Å²) in [6.07, 6.45) is 2.64. The summed E-state index contributed by atoms with van der Waals surface area (Å²) in [6.45, 7) is 2.48. The second kappa shape index (κ2) is 4.45. The maximum atomic E-state index is 11.2. The predicted octanol–water partition coefficient (Wildman–Crippen LogP) is 0.958. The molecule has 0 aromatic rings. The Bertz CT molecular complexity index is 156. The smallest absolute Gasteiger partial charge is 0.308 e. The highest BCUT2D eigenvalue weighted by atomic mass is 16.5. The fourth-order valence-electron chi connectivity index (χ4n) is 1.71. The standard InChI is InChI=1S/C9H16O3/c1-2-12-9(11)8-4-3-7(5-8)6-10/h7-8,10H,2-6H2,1H3/t7-,8+/m0/s1. The first-order valence-corrected chi connectivity index (χ1v) is 4.55. The first kappa shape index (κ1) is 9.52. The minimum Gasteiger partial charge on any atom is -0.466 e. The lowest BCUT2D eigenvalue weighted by molar-refractivity contribution is -0.147. The van der Waals surface area contributed by atoms with E-state index < -0.39 is 0 Å². The van der Waals surface area contributed by atoms with Crippen molar-refractivity contribution in [2.24, 2.45) is 11.8 Å². The summed E-state index contributed by atoms with van der Waals surface area (Å²) in [6, 6.07) is 0. The van der Waals surface area contributed by atoms with Crippen molar-refractivity contribution in [2.75, 3.05) is 13.2 Å². The highest BCUT2D eigenvalue weighted by Crippen LogP contribution is 2.31. The van der Waals surface area contributed by atoms with E-state index in [-0.39, 0.29) is 18.5 Å². The van der Waals surface area contributed by atoms with Gasteiger partial charge in [0.15, 0.2) is 0 Å². The average Bonchev–Trinajstić information content (AvgIpc) is 2.52. The minimum absolute atomic E-state index is 0.0436. The molecule has 0 radical (unpaired) electrons. The Balaban J connectivity index is 2.31. The average molecular weight is 172 g/mol. The maximum absolute atomic E-state index is 11.2. The number of ether oxygens (including phenoxy) is 1. The largest absolute Gasteiger partial charge is 0.466 e. The maximum Gasteiger partial charge on any atom is 0.308 e. The van der Waals surface area contributed by atoms with Crippen LogP contribution in [-0.2, 0) is 9.53 Å². The highest BCUT2D eigenvalue weighted by molar-refractivity contribution is 5.72. The summed E-state index contributed by atoms with van der Waals surface area (Å²) in [5.74, 6) is 0.273. The lowest BCUT2D eigenvalue weighted by Gasteiger charge is -2.08. The molecule has 1 aliphatic rings. The number of carbonyl (C=O) groups is 1. The fourth-order valence-corrected chi connectivity index (χ4v) is 1.71. The van der Waals surface area contributed by atoms with Crippen molar-refractivity contribution >= 4 is 5.97 Å². The van der Waals surface area contributed by atoms with Crippen LogP contribution in [-0.4, -0.2) is 24.3 Å². The molecule has 0 bridgehead atoms. The Hall–Kier alpha value is -0.570. The van der Waals surface area contributed by atoms with E-state index in [1.807, 2.05) is 6.92 Å².